The summed E-state index contributed by atoms with van der Waals surface area (Å²) in [5.41, 5.74) is 6.14. The van der Waals surface area contributed by atoms with Crippen molar-refractivity contribution >= 4 is 29.1 Å². The zero-order chi connectivity index (χ0) is 45.0. The number of carbonyl (C=O) groups is 3. The van der Waals surface area contributed by atoms with Crippen molar-refractivity contribution in [3.05, 3.63) is 159 Å². The number of amides is 3. The number of nitrogens with one attached hydrogen (secondary N) is 3. The molecule has 5 aliphatic rings. The Kier molecular flexibility index (Phi) is 13.8. The molecule has 2 atom stereocenters. The second-order valence-corrected chi connectivity index (χ2v) is 18.8. The van der Waals surface area contributed by atoms with Crippen molar-refractivity contribution in [3.8, 4) is 0 Å². The van der Waals surface area contributed by atoms with E-state index in [4.69, 9.17) is 13.3 Å². The molecular weight excluding hydrogens is 819 g/mol. The van der Waals surface area contributed by atoms with Gasteiger partial charge in [-0.2, -0.15) is 0 Å². The average molecular weight is 876 g/mol. The number of rotatable bonds is 13. The zero-order valence-electron chi connectivity index (χ0n) is 36.6. The van der Waals surface area contributed by atoms with E-state index >= 15 is 0 Å². The average Bonchev–Trinajstić information content (AvgIpc) is 4.11. The van der Waals surface area contributed by atoms with Crippen molar-refractivity contribution in [2.45, 2.75) is 124 Å². The van der Waals surface area contributed by atoms with Gasteiger partial charge in [-0.15, -0.1) is 11.3 Å². The molecule has 0 bridgehead atoms. The Bertz CT molecular complexity index is 2660. The lowest BCUT2D eigenvalue weighted by Crippen LogP contribution is -2.32. The lowest BCUT2D eigenvalue weighted by atomic mass is 9.91. The molecule has 3 N–H and O–H groups in total. The van der Waals surface area contributed by atoms with Gasteiger partial charge in [-0.05, 0) is 129 Å². The van der Waals surface area contributed by atoms with Crippen LogP contribution in [0, 0.1) is 24.2 Å². The molecule has 9 rings (SSSR count). The van der Waals surface area contributed by atoms with Crippen molar-refractivity contribution in [2.75, 3.05) is 0 Å². The Morgan fingerprint density at radius 2 is 1.13 bits per heavy atom. The highest BCUT2D eigenvalue weighted by molar-refractivity contribution is 7.10. The largest absolute Gasteiger partial charge is 0.427 e. The van der Waals surface area contributed by atoms with Crippen LogP contribution in [0.25, 0.3) is 0 Å². The molecule has 2 saturated carbocycles. The van der Waals surface area contributed by atoms with Gasteiger partial charge >= 0.3 is 16.9 Å². The molecule has 2 fully saturated rings. The third-order valence-electron chi connectivity index (χ3n) is 12.9. The van der Waals surface area contributed by atoms with Crippen molar-refractivity contribution in [2.24, 2.45) is 17.3 Å². The molecule has 0 radical (unpaired) electrons. The first-order valence-corrected chi connectivity index (χ1v) is 23.0. The third kappa shape index (κ3) is 11.0. The van der Waals surface area contributed by atoms with E-state index in [1.807, 2.05) is 18.4 Å². The van der Waals surface area contributed by atoms with Crippen LogP contribution in [0.1, 0.15) is 154 Å². The van der Waals surface area contributed by atoms with E-state index in [9.17, 15) is 28.8 Å². The number of hydrogen-bond donors (Lipinski definition) is 3. The summed E-state index contributed by atoms with van der Waals surface area (Å²) in [6.45, 7) is 17.7. The molecule has 0 saturated heterocycles. The van der Waals surface area contributed by atoms with Crippen molar-refractivity contribution in [1.29, 1.82) is 0 Å². The fraction of sp³-hybridized carbons (Fsp3) is 0.440. The number of fused-ring (bicyclic) bond motifs is 3. The molecule has 4 aromatic heterocycles. The van der Waals surface area contributed by atoms with Gasteiger partial charge in [-0.25, -0.2) is 14.4 Å². The second-order valence-electron chi connectivity index (χ2n) is 17.7. The Labute approximate surface area is 371 Å². The fourth-order valence-electron chi connectivity index (χ4n) is 9.40. The van der Waals surface area contributed by atoms with Gasteiger partial charge in [0.15, 0.2) is 0 Å². The standard InChI is InChI=1S/C18H23NO3.C17H21NO3.C15H13NO3S/c1-3-6-18(8-9-18)7-4-5-13-11-15(20)22-14-10-12(2)19-17(21)16(13)14;1-3-11-8-12(11)5-4-6-13-9-15(19)21-14-7-10(2)18-17(20)16(13)14;1-8-5-12-14(15(18)16-8)11(7-13(17)19-12)6-10-3-4-20-9(10)2/h11H,2-10H2,1H3,(H,19,21);9,11-12H,2-8H2,1H3,(H,18,20);3-4,7H,1,5-6H2,2H3,(H,16,18). The van der Waals surface area contributed by atoms with Gasteiger partial charge in [0.05, 0.1) is 16.7 Å². The molecule has 4 aromatic rings. The highest BCUT2D eigenvalue weighted by Crippen LogP contribution is 2.53. The first kappa shape index (κ1) is 45.2. The molecule has 13 heteroatoms. The van der Waals surface area contributed by atoms with E-state index < -0.39 is 5.63 Å². The Morgan fingerprint density at radius 3 is 1.56 bits per heavy atom. The maximum Gasteiger partial charge on any atom is 0.336 e. The normalized spacial score (nSPS) is 18.9. The van der Waals surface area contributed by atoms with Gasteiger partial charge in [-0.3, -0.25) is 14.4 Å². The number of aryl methyl sites for hydroxylation is 3. The summed E-state index contributed by atoms with van der Waals surface area (Å²) in [4.78, 5) is 72.6. The molecule has 2 unspecified atom stereocenters. The van der Waals surface area contributed by atoms with Gasteiger partial charge in [-0.1, -0.05) is 46.4 Å². The number of thiophene rings is 1. The van der Waals surface area contributed by atoms with Crippen LogP contribution in [0.5, 0.6) is 0 Å². The SMILES string of the molecule is C=C1Cc2oc(=O)cc(CCCC3(CCC)CC3)c2C(=O)N1.C=C1Cc2oc(=O)cc(CCCC3CC3CC)c2C(=O)N1.C=C1Cc2oc(=O)cc(Cc3ccsc3C)c2C(=O)N1. The Balaban J connectivity index is 0.000000142. The summed E-state index contributed by atoms with van der Waals surface area (Å²) in [6, 6.07) is 6.37. The van der Waals surface area contributed by atoms with E-state index in [1.54, 1.807) is 11.3 Å². The first-order valence-electron chi connectivity index (χ1n) is 22.1. The topological polar surface area (TPSA) is 178 Å². The molecule has 0 aromatic carbocycles. The second kappa shape index (κ2) is 19.3. The maximum atomic E-state index is 12.2. The van der Waals surface area contributed by atoms with Crippen LogP contribution < -0.4 is 32.8 Å². The minimum atomic E-state index is -0.422. The van der Waals surface area contributed by atoms with Gasteiger partial charge in [0.25, 0.3) is 17.7 Å². The van der Waals surface area contributed by atoms with Gasteiger partial charge in [0.1, 0.15) is 17.3 Å². The predicted molar refractivity (Wildman–Crippen MR) is 242 cm³/mol. The maximum absolute atomic E-state index is 12.2. The van der Waals surface area contributed by atoms with Crippen LogP contribution in [0.15, 0.2) is 94.1 Å². The molecule has 12 nitrogen and oxygen atoms in total. The molecule has 0 spiro atoms. The van der Waals surface area contributed by atoms with E-state index in [0.717, 1.165) is 54.2 Å². The summed E-state index contributed by atoms with van der Waals surface area (Å²) in [5, 5.41) is 10.2. The van der Waals surface area contributed by atoms with E-state index in [2.05, 4.69) is 49.5 Å². The monoisotopic (exact) mass is 875 g/mol. The van der Waals surface area contributed by atoms with Gasteiger partial charge < -0.3 is 29.2 Å². The highest BCUT2D eigenvalue weighted by atomic mass is 32.1. The minimum Gasteiger partial charge on any atom is -0.427 e. The molecule has 7 heterocycles. The van der Waals surface area contributed by atoms with Crippen LogP contribution >= 0.6 is 11.3 Å². The highest BCUT2D eigenvalue weighted by Gasteiger charge is 2.40. The zero-order valence-corrected chi connectivity index (χ0v) is 37.4. The van der Waals surface area contributed by atoms with Crippen LogP contribution in [0.3, 0.4) is 0 Å². The molecule has 3 amide bonds. The third-order valence-corrected chi connectivity index (χ3v) is 13.8. The summed E-state index contributed by atoms with van der Waals surface area (Å²) in [6.07, 6.45) is 15.5. The van der Waals surface area contributed by atoms with Gasteiger partial charge in [0, 0.05) is 59.4 Å². The quantitative estimate of drug-likeness (QED) is 0.119. The van der Waals surface area contributed by atoms with Crippen molar-refractivity contribution in [1.82, 2.24) is 16.0 Å². The minimum absolute atomic E-state index is 0.195. The van der Waals surface area contributed by atoms with Gasteiger partial charge in [0.2, 0.25) is 0 Å². The molecule has 2 aliphatic carbocycles. The predicted octanol–water partition coefficient (Wildman–Crippen LogP) is 8.55. The van der Waals surface area contributed by atoms with E-state index in [1.165, 1.54) is 74.4 Å². The summed E-state index contributed by atoms with van der Waals surface area (Å²) in [7, 11) is 0. The first-order chi connectivity index (χ1) is 30.1. The van der Waals surface area contributed by atoms with Crippen LogP contribution in [0.4, 0.5) is 0 Å². The van der Waals surface area contributed by atoms with Crippen molar-refractivity contribution in [3.63, 3.8) is 0 Å². The summed E-state index contributed by atoms with van der Waals surface area (Å²) >= 11 is 1.65. The molecule has 332 valence electrons. The van der Waals surface area contributed by atoms with Crippen LogP contribution in [-0.2, 0) is 38.5 Å². The molecular formula is C50H57N3O9S. The molecule has 3 aliphatic heterocycles. The van der Waals surface area contributed by atoms with E-state index in [-0.39, 0.29) is 29.0 Å². The van der Waals surface area contributed by atoms with E-state index in [0.29, 0.717) is 87.7 Å². The lowest BCUT2D eigenvalue weighted by molar-refractivity contribution is 0.0943. The smallest absolute Gasteiger partial charge is 0.336 e. The Morgan fingerprint density at radius 1 is 0.651 bits per heavy atom. The van der Waals surface area contributed by atoms with Crippen molar-refractivity contribution < 1.29 is 27.6 Å². The van der Waals surface area contributed by atoms with Crippen LogP contribution in [-0.4, -0.2) is 17.7 Å². The number of hydrogen-bond acceptors (Lipinski definition) is 10. The number of carbonyl (C=O) groups excluding carboxylic acids is 3. The lowest BCUT2D eigenvalue weighted by Gasteiger charge is -2.20. The summed E-state index contributed by atoms with van der Waals surface area (Å²) in [5.74, 6) is 2.44. The fourth-order valence-corrected chi connectivity index (χ4v) is 10.1. The molecule has 63 heavy (non-hydrogen) atoms. The summed E-state index contributed by atoms with van der Waals surface area (Å²) < 4.78 is 15.5. The Hall–Kier alpha value is -5.82. The number of allylic oxidation sites excluding steroid dienone is 3. The van der Waals surface area contributed by atoms with Crippen LogP contribution in [0.2, 0.25) is 0 Å².